The van der Waals surface area contributed by atoms with E-state index in [2.05, 4.69) is 23.8 Å². The minimum atomic E-state index is -1.21. The average Bonchev–Trinajstić information content (AvgIpc) is 2.75. The average molecular weight is 424 g/mol. The first-order chi connectivity index (χ1) is 14.8. The zero-order valence-electron chi connectivity index (χ0n) is 18.0. The molecule has 31 heavy (non-hydrogen) atoms. The number of benzene rings is 2. The van der Waals surface area contributed by atoms with Crippen LogP contribution in [0.25, 0.3) is 22.1 Å². The molecule has 2 atom stereocenters. The summed E-state index contributed by atoms with van der Waals surface area (Å²) in [5.41, 5.74) is 2.50. The second-order valence-corrected chi connectivity index (χ2v) is 8.17. The molecule has 0 bridgehead atoms. The summed E-state index contributed by atoms with van der Waals surface area (Å²) >= 11 is 0. The lowest BCUT2D eigenvalue weighted by molar-refractivity contribution is -0.146. The fourth-order valence-electron chi connectivity index (χ4n) is 3.80. The van der Waals surface area contributed by atoms with Gasteiger partial charge in [0.1, 0.15) is 5.52 Å². The van der Waals surface area contributed by atoms with Gasteiger partial charge in [0, 0.05) is 5.56 Å². The first-order valence-electron chi connectivity index (χ1n) is 10.5. The van der Waals surface area contributed by atoms with E-state index in [1.807, 2.05) is 0 Å². The predicted molar refractivity (Wildman–Crippen MR) is 118 cm³/mol. The number of carbonyl (C=O) groups excluding carboxylic acids is 1. The Kier molecular flexibility index (Phi) is 7.17. The molecule has 0 saturated heterocycles. The number of hydrogen-bond acceptors (Lipinski definition) is 6. The highest BCUT2D eigenvalue weighted by Gasteiger charge is 2.29. The van der Waals surface area contributed by atoms with Crippen LogP contribution in [-0.2, 0) is 9.53 Å². The van der Waals surface area contributed by atoms with Crippen LogP contribution in [0.4, 0.5) is 0 Å². The van der Waals surface area contributed by atoms with E-state index < -0.39 is 24.0 Å². The topological polar surface area (TPSA) is 110 Å². The van der Waals surface area contributed by atoms with Crippen LogP contribution in [0, 0.1) is 11.8 Å². The second kappa shape index (κ2) is 9.83. The molecule has 2 aromatic carbocycles. The molecule has 7 heteroatoms. The number of aromatic nitrogens is 2. The number of aliphatic hydroxyl groups is 1. The number of carboxylic acid groups (broad SMARTS) is 1. The van der Waals surface area contributed by atoms with E-state index in [9.17, 15) is 19.8 Å². The zero-order chi connectivity index (χ0) is 22.5. The van der Waals surface area contributed by atoms with Gasteiger partial charge < -0.3 is 14.9 Å². The lowest BCUT2D eigenvalue weighted by Gasteiger charge is -2.21. The summed E-state index contributed by atoms with van der Waals surface area (Å²) in [6.45, 7) is 4.27. The zero-order valence-corrected chi connectivity index (χ0v) is 18.0. The van der Waals surface area contributed by atoms with E-state index in [-0.39, 0.29) is 0 Å². The number of carbonyl (C=O) groups is 2. The smallest absolute Gasteiger partial charge is 0.340 e. The van der Waals surface area contributed by atoms with Crippen molar-refractivity contribution < 1.29 is 24.5 Å². The standard InChI is InChI=1S/C24H28N2O5/c1-14(2)8-4-5-9-17(23(28)29)22(27)15-10-6-12-18-20(15)25-19-13-7-11-16(21(19)26-18)24(30)31-3/h6-7,10-14,17,22,27H,4-5,8-9H2,1-3H3,(H,28,29)/t17-,22-/m1/s1. The molecule has 0 saturated carbocycles. The van der Waals surface area contributed by atoms with Crippen LogP contribution >= 0.6 is 0 Å². The molecule has 1 heterocycles. The van der Waals surface area contributed by atoms with Crippen LogP contribution in [0.2, 0.25) is 0 Å². The third-order valence-corrected chi connectivity index (χ3v) is 5.49. The number of aliphatic carboxylic acids is 1. The summed E-state index contributed by atoms with van der Waals surface area (Å²) in [5.74, 6) is -1.92. The Hall–Kier alpha value is -3.06. The molecule has 0 spiro atoms. The highest BCUT2D eigenvalue weighted by molar-refractivity contribution is 6.03. The molecular formula is C24H28N2O5. The molecule has 0 radical (unpaired) electrons. The van der Waals surface area contributed by atoms with Crippen LogP contribution in [0.3, 0.4) is 0 Å². The predicted octanol–water partition coefficient (Wildman–Crippen LogP) is 4.52. The van der Waals surface area contributed by atoms with E-state index in [1.165, 1.54) is 7.11 Å². The molecule has 2 N–H and O–H groups in total. The molecule has 164 valence electrons. The summed E-state index contributed by atoms with van der Waals surface area (Å²) in [7, 11) is 1.30. The van der Waals surface area contributed by atoms with Gasteiger partial charge in [-0.3, -0.25) is 4.79 Å². The summed E-state index contributed by atoms with van der Waals surface area (Å²) in [6.07, 6.45) is 1.85. The number of hydrogen-bond donors (Lipinski definition) is 2. The van der Waals surface area contributed by atoms with Crippen molar-refractivity contribution >= 4 is 34.0 Å². The number of carboxylic acids is 1. The Morgan fingerprint density at radius 2 is 1.58 bits per heavy atom. The third kappa shape index (κ3) is 4.99. The van der Waals surface area contributed by atoms with Gasteiger partial charge in [-0.2, -0.15) is 0 Å². The van der Waals surface area contributed by atoms with Gasteiger partial charge in [-0.15, -0.1) is 0 Å². The Balaban J connectivity index is 2.00. The lowest BCUT2D eigenvalue weighted by Crippen LogP contribution is -2.22. The third-order valence-electron chi connectivity index (χ3n) is 5.49. The number of para-hydroxylation sites is 2. The summed E-state index contributed by atoms with van der Waals surface area (Å²) in [5, 5.41) is 20.7. The fourth-order valence-corrected chi connectivity index (χ4v) is 3.80. The molecule has 3 rings (SSSR count). The largest absolute Gasteiger partial charge is 0.481 e. The molecule has 0 amide bonds. The number of rotatable bonds is 9. The normalized spacial score (nSPS) is 13.5. The minimum absolute atomic E-state index is 0.300. The Morgan fingerprint density at radius 3 is 2.23 bits per heavy atom. The highest BCUT2D eigenvalue weighted by atomic mass is 16.5. The molecule has 0 unspecified atom stereocenters. The van der Waals surface area contributed by atoms with Crippen molar-refractivity contribution in [3.63, 3.8) is 0 Å². The van der Waals surface area contributed by atoms with Gasteiger partial charge >= 0.3 is 11.9 Å². The van der Waals surface area contributed by atoms with Crippen LogP contribution < -0.4 is 0 Å². The van der Waals surface area contributed by atoms with Gasteiger partial charge in [-0.1, -0.05) is 51.3 Å². The monoisotopic (exact) mass is 424 g/mol. The molecule has 3 aromatic rings. The van der Waals surface area contributed by atoms with Crippen molar-refractivity contribution in [1.29, 1.82) is 0 Å². The SMILES string of the molecule is COC(=O)c1cccc2nc3c([C@@H](O)[C@@H](CCCCC(C)C)C(=O)O)cccc3nc12. The first-order valence-corrected chi connectivity index (χ1v) is 10.5. The van der Waals surface area contributed by atoms with E-state index in [1.54, 1.807) is 36.4 Å². The van der Waals surface area contributed by atoms with Gasteiger partial charge in [0.2, 0.25) is 0 Å². The number of nitrogens with zero attached hydrogens (tertiary/aromatic N) is 2. The second-order valence-electron chi connectivity index (χ2n) is 8.17. The number of ether oxygens (including phenoxy) is 1. The highest BCUT2D eigenvalue weighted by Crippen LogP contribution is 2.32. The Morgan fingerprint density at radius 1 is 0.968 bits per heavy atom. The maximum absolute atomic E-state index is 12.1. The molecule has 0 fully saturated rings. The molecule has 0 aliphatic carbocycles. The number of fused-ring (bicyclic) bond motifs is 2. The lowest BCUT2D eigenvalue weighted by atomic mass is 9.89. The van der Waals surface area contributed by atoms with Crippen molar-refractivity contribution in [2.75, 3.05) is 7.11 Å². The summed E-state index contributed by atoms with van der Waals surface area (Å²) in [6, 6.07) is 10.1. The summed E-state index contributed by atoms with van der Waals surface area (Å²) < 4.78 is 4.83. The van der Waals surface area contributed by atoms with Crippen molar-refractivity contribution in [2.45, 2.75) is 45.6 Å². The van der Waals surface area contributed by atoms with E-state index in [4.69, 9.17) is 4.74 Å². The molecule has 7 nitrogen and oxygen atoms in total. The quantitative estimate of drug-likeness (QED) is 0.295. The number of esters is 1. The molecular weight excluding hydrogens is 396 g/mol. The van der Waals surface area contributed by atoms with Crippen LogP contribution in [0.1, 0.15) is 61.6 Å². The van der Waals surface area contributed by atoms with Gasteiger partial charge in [0.15, 0.2) is 0 Å². The van der Waals surface area contributed by atoms with E-state index >= 15 is 0 Å². The van der Waals surface area contributed by atoms with Crippen LogP contribution in [-0.4, -0.2) is 39.2 Å². The van der Waals surface area contributed by atoms with Crippen LogP contribution in [0.15, 0.2) is 36.4 Å². The number of methoxy groups -OCH3 is 1. The first kappa shape index (κ1) is 22.6. The van der Waals surface area contributed by atoms with Crippen molar-refractivity contribution in [3.8, 4) is 0 Å². The Bertz CT molecular complexity index is 1100. The van der Waals surface area contributed by atoms with Gasteiger partial charge in [0.05, 0.1) is 41.2 Å². The molecule has 1 aromatic heterocycles. The minimum Gasteiger partial charge on any atom is -0.481 e. The van der Waals surface area contributed by atoms with Crippen molar-refractivity contribution in [3.05, 3.63) is 47.5 Å². The van der Waals surface area contributed by atoms with Gasteiger partial charge in [-0.05, 0) is 30.5 Å². The maximum Gasteiger partial charge on any atom is 0.340 e. The molecule has 0 aliphatic heterocycles. The van der Waals surface area contributed by atoms with Crippen molar-refractivity contribution in [1.82, 2.24) is 9.97 Å². The van der Waals surface area contributed by atoms with E-state index in [0.717, 1.165) is 19.3 Å². The number of aliphatic hydroxyl groups excluding tert-OH is 1. The van der Waals surface area contributed by atoms with E-state index in [0.29, 0.717) is 45.5 Å². The van der Waals surface area contributed by atoms with Crippen molar-refractivity contribution in [2.24, 2.45) is 11.8 Å². The fraction of sp³-hybridized carbons (Fsp3) is 0.417. The van der Waals surface area contributed by atoms with Crippen LogP contribution in [0.5, 0.6) is 0 Å². The molecule has 0 aliphatic rings. The Labute approximate surface area is 181 Å². The maximum atomic E-state index is 12.1. The van der Waals surface area contributed by atoms with Gasteiger partial charge in [-0.25, -0.2) is 14.8 Å². The number of unbranched alkanes of at least 4 members (excludes halogenated alkanes) is 1. The summed E-state index contributed by atoms with van der Waals surface area (Å²) in [4.78, 5) is 33.2. The van der Waals surface area contributed by atoms with Gasteiger partial charge in [0.25, 0.3) is 0 Å².